The Bertz CT molecular complexity index is 522. The smallest absolute Gasteiger partial charge is 0.407 e. The Morgan fingerprint density at radius 1 is 1.30 bits per heavy atom. The molecule has 0 radical (unpaired) electrons. The Balaban J connectivity index is 1.66. The number of aryl methyl sites for hydroxylation is 1. The molecule has 0 aliphatic heterocycles. The summed E-state index contributed by atoms with van der Waals surface area (Å²) >= 11 is 0. The van der Waals surface area contributed by atoms with Gasteiger partial charge in [-0.1, -0.05) is 24.3 Å². The number of rotatable bonds is 5. The van der Waals surface area contributed by atoms with Crippen molar-refractivity contribution >= 4 is 6.09 Å². The topological polar surface area (TPSA) is 50.4 Å². The second kappa shape index (κ2) is 7.82. The number of hydrogen-bond acceptors (Lipinski definition) is 3. The van der Waals surface area contributed by atoms with E-state index in [9.17, 15) is 4.79 Å². The molecule has 0 bridgehead atoms. The van der Waals surface area contributed by atoms with Gasteiger partial charge in [0.15, 0.2) is 0 Å². The number of alkyl carbamates (subject to hydrolysis) is 1. The van der Waals surface area contributed by atoms with Crippen LogP contribution in [0.15, 0.2) is 24.3 Å². The van der Waals surface area contributed by atoms with Crippen LogP contribution in [0.4, 0.5) is 4.79 Å². The summed E-state index contributed by atoms with van der Waals surface area (Å²) in [5.41, 5.74) is 2.51. The highest BCUT2D eigenvalue weighted by Gasteiger charge is 2.19. The number of benzene rings is 1. The normalized spacial score (nSPS) is 18.9. The summed E-state index contributed by atoms with van der Waals surface area (Å²) < 4.78 is 5.27. The van der Waals surface area contributed by atoms with Gasteiger partial charge in [-0.05, 0) is 71.0 Å². The number of carbonyl (C=O) groups is 1. The van der Waals surface area contributed by atoms with E-state index in [-0.39, 0.29) is 12.1 Å². The number of nitrogens with one attached hydrogen (secondary N) is 2. The van der Waals surface area contributed by atoms with Crippen molar-refractivity contribution in [3.63, 3.8) is 0 Å². The summed E-state index contributed by atoms with van der Waals surface area (Å²) in [5.74, 6) is 0. The molecule has 1 aromatic rings. The van der Waals surface area contributed by atoms with E-state index in [0.717, 1.165) is 25.8 Å². The molecule has 1 aromatic carbocycles. The van der Waals surface area contributed by atoms with E-state index in [0.29, 0.717) is 6.04 Å². The Hall–Kier alpha value is -1.55. The van der Waals surface area contributed by atoms with Gasteiger partial charge in [0, 0.05) is 12.1 Å². The molecule has 2 unspecified atom stereocenters. The summed E-state index contributed by atoms with van der Waals surface area (Å²) in [4.78, 5) is 11.7. The first-order valence-electron chi connectivity index (χ1n) is 8.63. The van der Waals surface area contributed by atoms with Crippen molar-refractivity contribution in [2.45, 2.75) is 71.1 Å². The second-order valence-corrected chi connectivity index (χ2v) is 7.50. The first-order chi connectivity index (χ1) is 10.8. The first-order valence-corrected chi connectivity index (χ1v) is 8.63. The minimum Gasteiger partial charge on any atom is -0.444 e. The van der Waals surface area contributed by atoms with Crippen molar-refractivity contribution in [1.29, 1.82) is 0 Å². The number of carbonyl (C=O) groups excluding carboxylic acids is 1. The van der Waals surface area contributed by atoms with E-state index >= 15 is 0 Å². The van der Waals surface area contributed by atoms with Gasteiger partial charge in [-0.3, -0.25) is 0 Å². The average Bonchev–Trinajstić information content (AvgIpc) is 2.45. The standard InChI is InChI=1S/C19H30N2O2/c1-14(21-18(22)23-19(2,3)4)11-12-20-17-10-9-15-7-5-6-8-16(15)13-17/h5-8,14,17,20H,9-13H2,1-4H3,(H,21,22). The van der Waals surface area contributed by atoms with Crippen LogP contribution >= 0.6 is 0 Å². The fraction of sp³-hybridized carbons (Fsp3) is 0.632. The van der Waals surface area contributed by atoms with E-state index in [1.54, 1.807) is 0 Å². The molecule has 1 aliphatic carbocycles. The van der Waals surface area contributed by atoms with Gasteiger partial charge in [-0.2, -0.15) is 0 Å². The second-order valence-electron chi connectivity index (χ2n) is 7.50. The summed E-state index contributed by atoms with van der Waals surface area (Å²) in [6.07, 6.45) is 4.00. The lowest BCUT2D eigenvalue weighted by atomic mass is 9.88. The molecule has 1 amide bonds. The van der Waals surface area contributed by atoms with Crippen molar-refractivity contribution in [2.75, 3.05) is 6.54 Å². The zero-order valence-corrected chi connectivity index (χ0v) is 14.8. The van der Waals surface area contributed by atoms with E-state index in [1.165, 1.54) is 17.5 Å². The minimum absolute atomic E-state index is 0.105. The van der Waals surface area contributed by atoms with Gasteiger partial charge in [0.25, 0.3) is 0 Å². The molecule has 2 atom stereocenters. The van der Waals surface area contributed by atoms with E-state index in [1.807, 2.05) is 27.7 Å². The lowest BCUT2D eigenvalue weighted by Gasteiger charge is -2.26. The molecule has 0 heterocycles. The zero-order chi connectivity index (χ0) is 16.9. The Kier molecular flexibility index (Phi) is 6.05. The molecule has 2 rings (SSSR count). The van der Waals surface area contributed by atoms with Crippen LogP contribution in [-0.4, -0.2) is 30.3 Å². The van der Waals surface area contributed by atoms with Crippen molar-refractivity contribution in [2.24, 2.45) is 0 Å². The molecule has 0 fully saturated rings. The summed E-state index contributed by atoms with van der Waals surface area (Å²) in [7, 11) is 0. The molecule has 0 aromatic heterocycles. The molecule has 0 saturated carbocycles. The zero-order valence-electron chi connectivity index (χ0n) is 14.8. The highest BCUT2D eigenvalue weighted by atomic mass is 16.6. The van der Waals surface area contributed by atoms with Gasteiger partial charge in [-0.15, -0.1) is 0 Å². The van der Waals surface area contributed by atoms with Crippen LogP contribution in [0.25, 0.3) is 0 Å². The molecular weight excluding hydrogens is 288 g/mol. The number of hydrogen-bond donors (Lipinski definition) is 2. The van der Waals surface area contributed by atoms with Crippen molar-refractivity contribution in [1.82, 2.24) is 10.6 Å². The largest absolute Gasteiger partial charge is 0.444 e. The lowest BCUT2D eigenvalue weighted by Crippen LogP contribution is -2.41. The Labute approximate surface area is 140 Å². The molecule has 128 valence electrons. The summed E-state index contributed by atoms with van der Waals surface area (Å²) in [6, 6.07) is 9.35. The highest BCUT2D eigenvalue weighted by Crippen LogP contribution is 2.20. The SMILES string of the molecule is CC(CCNC1CCc2ccccc2C1)NC(=O)OC(C)(C)C. The first kappa shape index (κ1) is 17.8. The molecular formula is C19H30N2O2. The maximum atomic E-state index is 11.7. The Morgan fingerprint density at radius 2 is 2.00 bits per heavy atom. The van der Waals surface area contributed by atoms with E-state index in [4.69, 9.17) is 4.74 Å². The maximum Gasteiger partial charge on any atom is 0.407 e. The van der Waals surface area contributed by atoms with Crippen LogP contribution in [0.5, 0.6) is 0 Å². The van der Waals surface area contributed by atoms with Crippen LogP contribution in [0.1, 0.15) is 51.7 Å². The molecule has 1 aliphatic rings. The van der Waals surface area contributed by atoms with Crippen LogP contribution in [0, 0.1) is 0 Å². The minimum atomic E-state index is -0.447. The predicted molar refractivity (Wildman–Crippen MR) is 93.7 cm³/mol. The molecule has 0 spiro atoms. The van der Waals surface area contributed by atoms with Crippen LogP contribution in [0.3, 0.4) is 0 Å². The quantitative estimate of drug-likeness (QED) is 0.874. The average molecular weight is 318 g/mol. The lowest BCUT2D eigenvalue weighted by molar-refractivity contribution is 0.0506. The van der Waals surface area contributed by atoms with E-state index < -0.39 is 5.60 Å². The van der Waals surface area contributed by atoms with Gasteiger partial charge >= 0.3 is 6.09 Å². The fourth-order valence-corrected chi connectivity index (χ4v) is 2.96. The fourth-order valence-electron chi connectivity index (χ4n) is 2.96. The van der Waals surface area contributed by atoms with Crippen molar-refractivity contribution in [3.8, 4) is 0 Å². The van der Waals surface area contributed by atoms with Gasteiger partial charge in [0.05, 0.1) is 0 Å². The van der Waals surface area contributed by atoms with Gasteiger partial charge < -0.3 is 15.4 Å². The Morgan fingerprint density at radius 3 is 2.70 bits per heavy atom. The van der Waals surface area contributed by atoms with Crippen LogP contribution in [-0.2, 0) is 17.6 Å². The number of ether oxygens (including phenoxy) is 1. The third-order valence-electron chi connectivity index (χ3n) is 4.12. The van der Waals surface area contributed by atoms with Crippen LogP contribution < -0.4 is 10.6 Å². The molecule has 4 nitrogen and oxygen atoms in total. The van der Waals surface area contributed by atoms with Gasteiger partial charge in [0.1, 0.15) is 5.60 Å². The summed E-state index contributed by atoms with van der Waals surface area (Å²) in [6.45, 7) is 8.55. The highest BCUT2D eigenvalue weighted by molar-refractivity contribution is 5.67. The monoisotopic (exact) mass is 318 g/mol. The molecule has 0 saturated heterocycles. The predicted octanol–water partition coefficient (Wildman–Crippen LogP) is 3.44. The maximum absolute atomic E-state index is 11.7. The third-order valence-corrected chi connectivity index (χ3v) is 4.12. The molecule has 2 N–H and O–H groups in total. The van der Waals surface area contributed by atoms with Crippen LogP contribution in [0.2, 0.25) is 0 Å². The van der Waals surface area contributed by atoms with Gasteiger partial charge in [0.2, 0.25) is 0 Å². The van der Waals surface area contributed by atoms with Crippen molar-refractivity contribution < 1.29 is 9.53 Å². The van der Waals surface area contributed by atoms with E-state index in [2.05, 4.69) is 34.9 Å². The summed E-state index contributed by atoms with van der Waals surface area (Å²) in [5, 5.41) is 6.51. The number of fused-ring (bicyclic) bond motifs is 1. The third kappa shape index (κ3) is 6.22. The van der Waals surface area contributed by atoms with Crippen molar-refractivity contribution in [3.05, 3.63) is 35.4 Å². The number of amides is 1. The molecule has 23 heavy (non-hydrogen) atoms. The van der Waals surface area contributed by atoms with Gasteiger partial charge in [-0.25, -0.2) is 4.79 Å². The molecule has 4 heteroatoms.